The first-order valence-electron chi connectivity index (χ1n) is 7.81. The SMILES string of the molecule is Cc1ccc(C=NNC(=O)COc2ccc3cc(Br)ccc3c2)cc1. The molecule has 0 saturated heterocycles. The molecular formula is C20H17BrN2O2. The summed E-state index contributed by atoms with van der Waals surface area (Å²) in [4.78, 5) is 11.8. The van der Waals surface area contributed by atoms with Gasteiger partial charge < -0.3 is 4.74 Å². The van der Waals surface area contributed by atoms with E-state index in [0.29, 0.717) is 5.75 Å². The lowest BCUT2D eigenvalue weighted by molar-refractivity contribution is -0.123. The summed E-state index contributed by atoms with van der Waals surface area (Å²) in [6.07, 6.45) is 1.60. The Morgan fingerprint density at radius 2 is 1.80 bits per heavy atom. The van der Waals surface area contributed by atoms with Gasteiger partial charge in [0.05, 0.1) is 6.21 Å². The first-order chi connectivity index (χ1) is 12.1. The first-order valence-corrected chi connectivity index (χ1v) is 8.60. The Morgan fingerprint density at radius 1 is 1.08 bits per heavy atom. The Kier molecular flexibility index (Phi) is 5.46. The van der Waals surface area contributed by atoms with E-state index in [4.69, 9.17) is 4.74 Å². The quantitative estimate of drug-likeness (QED) is 0.511. The molecule has 3 aromatic rings. The zero-order valence-electron chi connectivity index (χ0n) is 13.7. The second-order valence-corrected chi connectivity index (χ2v) is 6.56. The fourth-order valence-corrected chi connectivity index (χ4v) is 2.68. The van der Waals surface area contributed by atoms with Crippen molar-refractivity contribution < 1.29 is 9.53 Å². The van der Waals surface area contributed by atoms with Crippen LogP contribution in [0.2, 0.25) is 0 Å². The maximum Gasteiger partial charge on any atom is 0.277 e. The van der Waals surface area contributed by atoms with Gasteiger partial charge in [-0.1, -0.05) is 57.9 Å². The first kappa shape index (κ1) is 17.2. The molecule has 0 fully saturated rings. The maximum absolute atomic E-state index is 11.8. The third kappa shape index (κ3) is 4.90. The van der Waals surface area contributed by atoms with Gasteiger partial charge in [-0.2, -0.15) is 5.10 Å². The molecule has 0 aliphatic heterocycles. The summed E-state index contributed by atoms with van der Waals surface area (Å²) in [5.41, 5.74) is 4.56. The van der Waals surface area contributed by atoms with Crippen molar-refractivity contribution in [3.63, 3.8) is 0 Å². The summed E-state index contributed by atoms with van der Waals surface area (Å²) < 4.78 is 6.55. The number of ether oxygens (including phenoxy) is 1. The molecule has 0 spiro atoms. The van der Waals surface area contributed by atoms with Crippen LogP contribution in [-0.4, -0.2) is 18.7 Å². The number of nitrogens with one attached hydrogen (secondary N) is 1. The van der Waals surface area contributed by atoms with Crippen LogP contribution in [0.3, 0.4) is 0 Å². The van der Waals surface area contributed by atoms with Crippen molar-refractivity contribution in [2.24, 2.45) is 5.10 Å². The molecule has 0 aliphatic rings. The minimum Gasteiger partial charge on any atom is -0.484 e. The van der Waals surface area contributed by atoms with Crippen molar-refractivity contribution in [3.8, 4) is 5.75 Å². The molecular weight excluding hydrogens is 380 g/mol. The number of carbonyl (C=O) groups excluding carboxylic acids is 1. The molecule has 0 radical (unpaired) electrons. The Balaban J connectivity index is 1.53. The van der Waals surface area contributed by atoms with Crippen LogP contribution >= 0.6 is 15.9 Å². The van der Waals surface area contributed by atoms with Crippen LogP contribution in [-0.2, 0) is 4.79 Å². The van der Waals surface area contributed by atoms with Crippen molar-refractivity contribution in [2.75, 3.05) is 6.61 Å². The Hall–Kier alpha value is -2.66. The monoisotopic (exact) mass is 396 g/mol. The van der Waals surface area contributed by atoms with Crippen LogP contribution in [0.15, 0.2) is 70.2 Å². The number of nitrogens with zero attached hydrogens (tertiary/aromatic N) is 1. The van der Waals surface area contributed by atoms with Gasteiger partial charge in [-0.3, -0.25) is 4.79 Å². The number of halogens is 1. The molecule has 4 nitrogen and oxygen atoms in total. The number of carbonyl (C=O) groups is 1. The van der Waals surface area contributed by atoms with Crippen LogP contribution in [0.1, 0.15) is 11.1 Å². The van der Waals surface area contributed by atoms with E-state index >= 15 is 0 Å². The van der Waals surface area contributed by atoms with Gasteiger partial charge in [-0.05, 0) is 47.5 Å². The molecule has 1 N–H and O–H groups in total. The Morgan fingerprint density at radius 3 is 2.60 bits per heavy atom. The zero-order valence-corrected chi connectivity index (χ0v) is 15.3. The summed E-state index contributed by atoms with van der Waals surface area (Å²) in [5.74, 6) is 0.340. The van der Waals surface area contributed by atoms with Crippen LogP contribution in [0.25, 0.3) is 10.8 Å². The van der Waals surface area contributed by atoms with E-state index in [1.165, 1.54) is 5.56 Å². The summed E-state index contributed by atoms with van der Waals surface area (Å²) in [6, 6.07) is 19.6. The van der Waals surface area contributed by atoms with Crippen molar-refractivity contribution in [3.05, 3.63) is 76.3 Å². The Labute approximate surface area is 154 Å². The number of aryl methyl sites for hydroxylation is 1. The summed E-state index contributed by atoms with van der Waals surface area (Å²) in [5, 5.41) is 6.09. The standard InChI is InChI=1S/C20H17BrN2O2/c1-14-2-4-15(5-3-14)12-22-23-20(24)13-25-19-9-7-16-10-18(21)8-6-17(16)11-19/h2-12H,13H2,1H3,(H,23,24). The van der Waals surface area contributed by atoms with Crippen LogP contribution in [0.5, 0.6) is 5.75 Å². The lowest BCUT2D eigenvalue weighted by Gasteiger charge is -2.06. The highest BCUT2D eigenvalue weighted by atomic mass is 79.9. The summed E-state index contributed by atoms with van der Waals surface area (Å²) in [6.45, 7) is 1.93. The molecule has 126 valence electrons. The molecule has 0 atom stereocenters. The smallest absolute Gasteiger partial charge is 0.277 e. The second kappa shape index (κ2) is 7.94. The predicted molar refractivity (Wildman–Crippen MR) is 104 cm³/mol. The molecule has 0 saturated carbocycles. The third-order valence-electron chi connectivity index (χ3n) is 3.62. The van der Waals surface area contributed by atoms with Gasteiger partial charge in [0, 0.05) is 4.47 Å². The molecule has 0 aromatic heterocycles. The molecule has 1 amide bonds. The minimum atomic E-state index is -0.306. The van der Waals surface area contributed by atoms with Gasteiger partial charge in [0.1, 0.15) is 5.75 Å². The molecule has 0 heterocycles. The molecule has 3 rings (SSSR count). The van der Waals surface area contributed by atoms with Gasteiger partial charge >= 0.3 is 0 Å². The number of fused-ring (bicyclic) bond motifs is 1. The molecule has 5 heteroatoms. The number of hydrogen-bond acceptors (Lipinski definition) is 3. The Bertz CT molecular complexity index is 921. The van der Waals surface area contributed by atoms with Gasteiger partial charge in [0.15, 0.2) is 6.61 Å². The average Bonchev–Trinajstić information content (AvgIpc) is 2.61. The van der Waals surface area contributed by atoms with E-state index in [9.17, 15) is 4.79 Å². The number of hydrazone groups is 1. The highest BCUT2D eigenvalue weighted by Crippen LogP contribution is 2.24. The largest absolute Gasteiger partial charge is 0.484 e. The fourth-order valence-electron chi connectivity index (χ4n) is 2.30. The number of hydrogen-bond donors (Lipinski definition) is 1. The van der Waals surface area contributed by atoms with E-state index in [2.05, 4.69) is 26.5 Å². The highest BCUT2D eigenvalue weighted by molar-refractivity contribution is 9.10. The van der Waals surface area contributed by atoms with Crippen LogP contribution in [0.4, 0.5) is 0 Å². The molecule has 0 bridgehead atoms. The maximum atomic E-state index is 11.8. The summed E-state index contributed by atoms with van der Waals surface area (Å²) in [7, 11) is 0. The lowest BCUT2D eigenvalue weighted by Crippen LogP contribution is -2.24. The van der Waals surface area contributed by atoms with Crippen molar-refractivity contribution in [2.45, 2.75) is 6.92 Å². The van der Waals surface area contributed by atoms with Crippen molar-refractivity contribution >= 4 is 38.8 Å². The normalized spacial score (nSPS) is 11.0. The zero-order chi connectivity index (χ0) is 17.6. The van der Waals surface area contributed by atoms with E-state index < -0.39 is 0 Å². The number of amides is 1. The van der Waals surface area contributed by atoms with Crippen molar-refractivity contribution in [1.82, 2.24) is 5.43 Å². The average molecular weight is 397 g/mol. The number of benzene rings is 3. The second-order valence-electron chi connectivity index (χ2n) is 5.65. The molecule has 3 aromatic carbocycles. The highest BCUT2D eigenvalue weighted by Gasteiger charge is 2.03. The topological polar surface area (TPSA) is 50.7 Å². The predicted octanol–water partition coefficient (Wildman–Crippen LogP) is 4.44. The van der Waals surface area contributed by atoms with E-state index in [1.807, 2.05) is 67.6 Å². The van der Waals surface area contributed by atoms with E-state index in [1.54, 1.807) is 6.21 Å². The summed E-state index contributed by atoms with van der Waals surface area (Å²) >= 11 is 3.45. The van der Waals surface area contributed by atoms with Gasteiger partial charge in [0.2, 0.25) is 0 Å². The number of rotatable bonds is 5. The van der Waals surface area contributed by atoms with Gasteiger partial charge in [-0.15, -0.1) is 0 Å². The molecule has 0 unspecified atom stereocenters. The van der Waals surface area contributed by atoms with Crippen molar-refractivity contribution in [1.29, 1.82) is 0 Å². The fraction of sp³-hybridized carbons (Fsp3) is 0.100. The van der Waals surface area contributed by atoms with Crippen LogP contribution in [0, 0.1) is 6.92 Å². The third-order valence-corrected chi connectivity index (χ3v) is 4.12. The van der Waals surface area contributed by atoms with E-state index in [-0.39, 0.29) is 12.5 Å². The minimum absolute atomic E-state index is 0.0900. The van der Waals surface area contributed by atoms with Gasteiger partial charge in [0.25, 0.3) is 5.91 Å². The molecule has 25 heavy (non-hydrogen) atoms. The van der Waals surface area contributed by atoms with E-state index in [0.717, 1.165) is 20.8 Å². The van der Waals surface area contributed by atoms with Gasteiger partial charge in [-0.25, -0.2) is 5.43 Å². The van der Waals surface area contributed by atoms with Crippen LogP contribution < -0.4 is 10.2 Å². The molecule has 0 aliphatic carbocycles. The lowest BCUT2D eigenvalue weighted by atomic mass is 10.1.